The largest absolute Gasteiger partial charge is 0.339 e. The molecular weight excluding hydrogens is 282 g/mol. The van der Waals surface area contributed by atoms with E-state index >= 15 is 0 Å². The van der Waals surface area contributed by atoms with Gasteiger partial charge in [-0.05, 0) is 44.2 Å². The lowest BCUT2D eigenvalue weighted by Crippen LogP contribution is -2.25. The topological polar surface area (TPSA) is 64.9 Å². The van der Waals surface area contributed by atoms with Crippen LogP contribution in [-0.4, -0.2) is 16.2 Å². The highest BCUT2D eigenvalue weighted by atomic mass is 32.2. The molecule has 5 heteroatoms. The average Bonchev–Trinajstić information content (AvgIpc) is 2.96. The monoisotopic (exact) mass is 303 g/mol. The van der Waals surface area contributed by atoms with Crippen LogP contribution >= 0.6 is 11.8 Å². The highest BCUT2D eigenvalue weighted by Gasteiger charge is 2.24. The number of thioether (sulfide) groups is 1. The lowest BCUT2D eigenvalue weighted by Gasteiger charge is -2.22. The molecule has 1 fully saturated rings. The summed E-state index contributed by atoms with van der Waals surface area (Å²) < 4.78 is 5.44. The molecule has 0 saturated heterocycles. The maximum atomic E-state index is 5.94. The van der Waals surface area contributed by atoms with Gasteiger partial charge in [0.05, 0.1) is 5.75 Å². The minimum absolute atomic E-state index is 0.347. The first kappa shape index (κ1) is 14.6. The van der Waals surface area contributed by atoms with Crippen LogP contribution in [0.1, 0.15) is 48.9 Å². The van der Waals surface area contributed by atoms with Crippen molar-refractivity contribution < 1.29 is 4.52 Å². The molecule has 1 aromatic carbocycles. The zero-order chi connectivity index (χ0) is 14.7. The van der Waals surface area contributed by atoms with Crippen LogP contribution in [0.15, 0.2) is 33.7 Å². The van der Waals surface area contributed by atoms with Gasteiger partial charge in [-0.25, -0.2) is 0 Å². The van der Waals surface area contributed by atoms with Crippen molar-refractivity contribution in [2.45, 2.75) is 55.2 Å². The quantitative estimate of drug-likeness (QED) is 0.873. The molecule has 1 aromatic heterocycles. The highest BCUT2D eigenvalue weighted by molar-refractivity contribution is 7.98. The van der Waals surface area contributed by atoms with E-state index in [1.807, 2.05) is 0 Å². The van der Waals surface area contributed by atoms with Gasteiger partial charge in [0.1, 0.15) is 0 Å². The van der Waals surface area contributed by atoms with E-state index in [1.54, 1.807) is 11.8 Å². The number of nitrogens with zero attached hydrogens (tertiary/aromatic N) is 2. The Morgan fingerprint density at radius 1 is 1.24 bits per heavy atom. The fraction of sp³-hybridized carbons (Fsp3) is 0.500. The van der Waals surface area contributed by atoms with Crippen molar-refractivity contribution in [3.05, 3.63) is 41.5 Å². The Bertz CT molecular complexity index is 591. The Labute approximate surface area is 129 Å². The summed E-state index contributed by atoms with van der Waals surface area (Å²) in [4.78, 5) is 5.84. The van der Waals surface area contributed by atoms with Gasteiger partial charge in [-0.1, -0.05) is 23.4 Å². The van der Waals surface area contributed by atoms with E-state index in [1.165, 1.54) is 10.5 Å². The van der Waals surface area contributed by atoms with Crippen LogP contribution in [0.3, 0.4) is 0 Å². The van der Waals surface area contributed by atoms with Crippen molar-refractivity contribution in [1.82, 2.24) is 10.1 Å². The van der Waals surface area contributed by atoms with Crippen LogP contribution < -0.4 is 5.73 Å². The van der Waals surface area contributed by atoms with Gasteiger partial charge in [0.15, 0.2) is 5.82 Å². The van der Waals surface area contributed by atoms with Gasteiger partial charge in [-0.3, -0.25) is 0 Å². The van der Waals surface area contributed by atoms with Gasteiger partial charge < -0.3 is 10.3 Å². The van der Waals surface area contributed by atoms with Crippen molar-refractivity contribution in [2.24, 2.45) is 5.73 Å². The van der Waals surface area contributed by atoms with Crippen LogP contribution in [0.5, 0.6) is 0 Å². The summed E-state index contributed by atoms with van der Waals surface area (Å²) >= 11 is 1.76. The summed E-state index contributed by atoms with van der Waals surface area (Å²) in [5, 5.41) is 4.12. The number of hydrogen-bond donors (Lipinski definition) is 1. The van der Waals surface area contributed by atoms with Crippen molar-refractivity contribution in [2.75, 3.05) is 0 Å². The van der Waals surface area contributed by atoms with Crippen molar-refractivity contribution in [1.29, 1.82) is 0 Å². The predicted molar refractivity (Wildman–Crippen MR) is 84.2 cm³/mol. The van der Waals surface area contributed by atoms with Crippen LogP contribution in [0, 0.1) is 6.92 Å². The molecule has 1 aliphatic carbocycles. The second-order valence-electron chi connectivity index (χ2n) is 5.71. The Balaban J connectivity index is 1.59. The zero-order valence-corrected chi connectivity index (χ0v) is 13.1. The van der Waals surface area contributed by atoms with E-state index in [0.29, 0.717) is 12.0 Å². The number of aryl methyl sites for hydroxylation is 1. The normalized spacial score (nSPS) is 22.4. The number of hydrogen-bond acceptors (Lipinski definition) is 5. The molecule has 2 N–H and O–H groups in total. The fourth-order valence-corrected chi connectivity index (χ4v) is 3.59. The second kappa shape index (κ2) is 6.62. The molecule has 21 heavy (non-hydrogen) atoms. The van der Waals surface area contributed by atoms with Crippen molar-refractivity contribution >= 4 is 11.8 Å². The maximum absolute atomic E-state index is 5.94. The Kier molecular flexibility index (Phi) is 4.60. The van der Waals surface area contributed by atoms with Crippen LogP contribution in [0.4, 0.5) is 0 Å². The second-order valence-corrected chi connectivity index (χ2v) is 6.73. The Morgan fingerprint density at radius 2 is 2.00 bits per heavy atom. The first-order valence-corrected chi connectivity index (χ1v) is 8.47. The minimum atomic E-state index is 0.347. The van der Waals surface area contributed by atoms with E-state index in [4.69, 9.17) is 10.3 Å². The number of aromatic nitrogens is 2. The molecule has 4 nitrogen and oxygen atoms in total. The van der Waals surface area contributed by atoms with E-state index < -0.39 is 0 Å². The van der Waals surface area contributed by atoms with Gasteiger partial charge in [0, 0.05) is 16.9 Å². The van der Waals surface area contributed by atoms with E-state index in [0.717, 1.165) is 43.2 Å². The summed E-state index contributed by atoms with van der Waals surface area (Å²) in [5.41, 5.74) is 7.22. The molecule has 1 heterocycles. The average molecular weight is 303 g/mol. The number of rotatable bonds is 4. The summed E-state index contributed by atoms with van der Waals surface area (Å²) in [5.74, 6) is 2.73. The van der Waals surface area contributed by atoms with Crippen LogP contribution in [-0.2, 0) is 5.75 Å². The first-order chi connectivity index (χ1) is 10.2. The van der Waals surface area contributed by atoms with Gasteiger partial charge in [-0.15, -0.1) is 11.8 Å². The standard InChI is InChI=1S/C16H21N3OS/c1-11-4-2-3-5-14(11)21-10-15-18-16(20-19-15)12-6-8-13(17)9-7-12/h2-5,12-13H,6-10,17H2,1H3. The molecule has 0 aliphatic heterocycles. The lowest BCUT2D eigenvalue weighted by molar-refractivity contribution is 0.300. The first-order valence-electron chi connectivity index (χ1n) is 7.49. The molecule has 0 radical (unpaired) electrons. The third kappa shape index (κ3) is 3.66. The number of benzene rings is 1. The van der Waals surface area contributed by atoms with Crippen molar-refractivity contribution in [3.8, 4) is 0 Å². The van der Waals surface area contributed by atoms with Crippen molar-refractivity contribution in [3.63, 3.8) is 0 Å². The summed E-state index contributed by atoms with van der Waals surface area (Å²) in [7, 11) is 0. The molecule has 112 valence electrons. The van der Waals surface area contributed by atoms with Gasteiger partial charge >= 0.3 is 0 Å². The molecule has 1 saturated carbocycles. The SMILES string of the molecule is Cc1ccccc1SCc1noc(C2CCC(N)CC2)n1. The third-order valence-corrected chi connectivity index (χ3v) is 5.23. The molecule has 0 atom stereocenters. The summed E-state index contributed by atoms with van der Waals surface area (Å²) in [6, 6.07) is 8.71. The highest BCUT2D eigenvalue weighted by Crippen LogP contribution is 2.32. The number of nitrogens with two attached hydrogens (primary N) is 1. The summed E-state index contributed by atoms with van der Waals surface area (Å²) in [6.07, 6.45) is 4.24. The maximum Gasteiger partial charge on any atom is 0.229 e. The van der Waals surface area contributed by atoms with E-state index in [9.17, 15) is 0 Å². The Hall–Kier alpha value is -1.33. The van der Waals surface area contributed by atoms with Gasteiger partial charge in [0.2, 0.25) is 5.89 Å². The molecule has 0 spiro atoms. The van der Waals surface area contributed by atoms with Gasteiger partial charge in [-0.2, -0.15) is 4.98 Å². The van der Waals surface area contributed by atoms with E-state index in [-0.39, 0.29) is 0 Å². The fourth-order valence-electron chi connectivity index (χ4n) is 2.72. The molecule has 2 aromatic rings. The molecule has 0 amide bonds. The smallest absolute Gasteiger partial charge is 0.229 e. The van der Waals surface area contributed by atoms with Crippen LogP contribution in [0.2, 0.25) is 0 Å². The minimum Gasteiger partial charge on any atom is -0.339 e. The Morgan fingerprint density at radius 3 is 2.76 bits per heavy atom. The zero-order valence-electron chi connectivity index (χ0n) is 12.3. The van der Waals surface area contributed by atoms with E-state index in [2.05, 4.69) is 41.3 Å². The predicted octanol–water partition coefficient (Wildman–Crippen LogP) is 3.66. The summed E-state index contributed by atoms with van der Waals surface area (Å²) in [6.45, 7) is 2.12. The van der Waals surface area contributed by atoms with Gasteiger partial charge in [0.25, 0.3) is 0 Å². The lowest BCUT2D eigenvalue weighted by atomic mass is 9.86. The third-order valence-electron chi connectivity index (χ3n) is 4.06. The molecular formula is C16H21N3OS. The molecule has 3 rings (SSSR count). The molecule has 0 unspecified atom stereocenters. The molecule has 0 bridgehead atoms. The van der Waals surface area contributed by atoms with Crippen LogP contribution in [0.25, 0.3) is 0 Å². The molecule has 1 aliphatic rings.